The molecular weight excluding hydrogens is 222 g/mol. The molecule has 17 heavy (non-hydrogen) atoms. The number of aliphatic carboxylic acids is 1. The summed E-state index contributed by atoms with van der Waals surface area (Å²) in [6.45, 7) is 1.48. The van der Waals surface area contributed by atoms with Gasteiger partial charge in [-0.05, 0) is 25.7 Å². The van der Waals surface area contributed by atoms with Crippen LogP contribution < -0.4 is 0 Å². The molecule has 1 saturated heterocycles. The molecular formula is C12H21NO4. The van der Waals surface area contributed by atoms with E-state index in [0.717, 1.165) is 19.4 Å². The highest BCUT2D eigenvalue weighted by atomic mass is 16.5. The van der Waals surface area contributed by atoms with Crippen LogP contribution in [0.4, 0.5) is 0 Å². The van der Waals surface area contributed by atoms with Crippen molar-refractivity contribution in [2.75, 3.05) is 20.2 Å². The quantitative estimate of drug-likeness (QED) is 0.713. The smallest absolute Gasteiger partial charge is 0.303 e. The van der Waals surface area contributed by atoms with Gasteiger partial charge in [0.25, 0.3) is 0 Å². The second-order valence-corrected chi connectivity index (χ2v) is 4.44. The molecule has 5 heteroatoms. The molecule has 1 amide bonds. The van der Waals surface area contributed by atoms with Crippen molar-refractivity contribution >= 4 is 11.9 Å². The Morgan fingerprint density at radius 1 is 1.35 bits per heavy atom. The van der Waals surface area contributed by atoms with E-state index in [1.165, 1.54) is 0 Å². The maximum Gasteiger partial charge on any atom is 0.303 e. The number of carbonyl (C=O) groups is 2. The van der Waals surface area contributed by atoms with Gasteiger partial charge in [0.05, 0.1) is 6.10 Å². The number of methoxy groups -OCH3 is 1. The third kappa shape index (κ3) is 5.17. The number of carboxylic acids is 1. The van der Waals surface area contributed by atoms with Crippen LogP contribution in [0.2, 0.25) is 0 Å². The van der Waals surface area contributed by atoms with Gasteiger partial charge in [-0.25, -0.2) is 0 Å². The highest BCUT2D eigenvalue weighted by molar-refractivity contribution is 5.76. The molecule has 5 nitrogen and oxygen atoms in total. The monoisotopic (exact) mass is 243 g/mol. The summed E-state index contributed by atoms with van der Waals surface area (Å²) in [5.41, 5.74) is 0. The van der Waals surface area contributed by atoms with Crippen LogP contribution in [0.3, 0.4) is 0 Å². The summed E-state index contributed by atoms with van der Waals surface area (Å²) in [7, 11) is 1.67. The summed E-state index contributed by atoms with van der Waals surface area (Å²) in [5, 5.41) is 8.48. The summed E-state index contributed by atoms with van der Waals surface area (Å²) >= 11 is 0. The summed E-state index contributed by atoms with van der Waals surface area (Å²) in [6, 6.07) is 0. The van der Waals surface area contributed by atoms with Crippen molar-refractivity contribution < 1.29 is 19.4 Å². The van der Waals surface area contributed by atoms with Crippen LogP contribution in [0.1, 0.15) is 38.5 Å². The Balaban J connectivity index is 2.20. The number of hydrogen-bond donors (Lipinski definition) is 1. The molecule has 0 spiro atoms. The summed E-state index contributed by atoms with van der Waals surface area (Å²) in [6.07, 6.45) is 3.98. The van der Waals surface area contributed by atoms with Crippen molar-refractivity contribution in [1.82, 2.24) is 4.90 Å². The van der Waals surface area contributed by atoms with Crippen LogP contribution in [0.15, 0.2) is 0 Å². The molecule has 98 valence electrons. The molecule has 0 saturated carbocycles. The summed E-state index contributed by atoms with van der Waals surface area (Å²) < 4.78 is 5.26. The first-order chi connectivity index (χ1) is 8.13. The van der Waals surface area contributed by atoms with Crippen molar-refractivity contribution in [3.05, 3.63) is 0 Å². The van der Waals surface area contributed by atoms with E-state index in [-0.39, 0.29) is 18.4 Å². The average molecular weight is 243 g/mol. The van der Waals surface area contributed by atoms with Crippen molar-refractivity contribution in [3.63, 3.8) is 0 Å². The molecule has 1 unspecified atom stereocenters. The van der Waals surface area contributed by atoms with Gasteiger partial charge in [-0.2, -0.15) is 0 Å². The Hall–Kier alpha value is -1.10. The normalized spacial score (nSPS) is 20.3. The minimum atomic E-state index is -0.796. The molecule has 1 fully saturated rings. The van der Waals surface area contributed by atoms with Gasteiger partial charge in [-0.15, -0.1) is 0 Å². The van der Waals surface area contributed by atoms with Gasteiger partial charge in [0, 0.05) is 33.0 Å². The number of rotatable bonds is 6. The van der Waals surface area contributed by atoms with E-state index in [2.05, 4.69) is 0 Å². The number of likely N-dealkylation sites (tertiary alicyclic amines) is 1. The van der Waals surface area contributed by atoms with E-state index in [4.69, 9.17) is 9.84 Å². The van der Waals surface area contributed by atoms with Crippen molar-refractivity contribution in [3.8, 4) is 0 Å². The Morgan fingerprint density at radius 3 is 2.71 bits per heavy atom. The Morgan fingerprint density at radius 2 is 2.06 bits per heavy atom. The number of unbranched alkanes of at least 4 members (excludes halogenated alkanes) is 1. The van der Waals surface area contributed by atoms with Gasteiger partial charge in [0.15, 0.2) is 0 Å². The van der Waals surface area contributed by atoms with Crippen LogP contribution in [-0.2, 0) is 14.3 Å². The predicted octanol–water partition coefficient (Wildman–Crippen LogP) is 1.27. The van der Waals surface area contributed by atoms with Crippen LogP contribution >= 0.6 is 0 Å². The lowest BCUT2D eigenvalue weighted by atomic mass is 10.1. The molecule has 1 N–H and O–H groups in total. The molecule has 0 aromatic carbocycles. The molecule has 1 rings (SSSR count). The molecule has 0 aromatic heterocycles. The van der Waals surface area contributed by atoms with E-state index in [1.54, 1.807) is 7.11 Å². The van der Waals surface area contributed by atoms with Gasteiger partial charge in [0.1, 0.15) is 0 Å². The molecule has 0 aliphatic carbocycles. The van der Waals surface area contributed by atoms with Gasteiger partial charge < -0.3 is 14.7 Å². The fourth-order valence-corrected chi connectivity index (χ4v) is 2.07. The van der Waals surface area contributed by atoms with Crippen LogP contribution in [0.5, 0.6) is 0 Å². The fourth-order valence-electron chi connectivity index (χ4n) is 2.07. The largest absolute Gasteiger partial charge is 0.481 e. The third-order valence-electron chi connectivity index (χ3n) is 3.10. The Kier molecular flexibility index (Phi) is 5.97. The first kappa shape index (κ1) is 14.0. The zero-order chi connectivity index (χ0) is 12.7. The van der Waals surface area contributed by atoms with Gasteiger partial charge in [0.2, 0.25) is 5.91 Å². The second-order valence-electron chi connectivity index (χ2n) is 4.44. The zero-order valence-corrected chi connectivity index (χ0v) is 10.4. The van der Waals surface area contributed by atoms with E-state index in [9.17, 15) is 9.59 Å². The number of carbonyl (C=O) groups excluding carboxylic acids is 1. The molecule has 1 atom stereocenters. The highest BCUT2D eigenvalue weighted by Gasteiger charge is 2.22. The highest BCUT2D eigenvalue weighted by Crippen LogP contribution is 2.14. The third-order valence-corrected chi connectivity index (χ3v) is 3.10. The fraction of sp³-hybridized carbons (Fsp3) is 0.833. The number of hydrogen-bond acceptors (Lipinski definition) is 3. The molecule has 1 aliphatic heterocycles. The van der Waals surface area contributed by atoms with Crippen molar-refractivity contribution in [2.45, 2.75) is 44.6 Å². The zero-order valence-electron chi connectivity index (χ0n) is 10.4. The van der Waals surface area contributed by atoms with Crippen LogP contribution in [0, 0.1) is 0 Å². The molecule has 1 heterocycles. The maximum atomic E-state index is 11.8. The summed E-state index contributed by atoms with van der Waals surface area (Å²) in [4.78, 5) is 24.0. The second kappa shape index (κ2) is 7.27. The van der Waals surface area contributed by atoms with Crippen LogP contribution in [0.25, 0.3) is 0 Å². The van der Waals surface area contributed by atoms with Crippen LogP contribution in [-0.4, -0.2) is 48.2 Å². The summed E-state index contributed by atoms with van der Waals surface area (Å²) in [5.74, 6) is -0.674. The van der Waals surface area contributed by atoms with Gasteiger partial charge in [-0.1, -0.05) is 0 Å². The minimum Gasteiger partial charge on any atom is -0.481 e. The van der Waals surface area contributed by atoms with E-state index in [1.807, 2.05) is 4.90 Å². The number of piperidine rings is 1. The topological polar surface area (TPSA) is 66.8 Å². The lowest BCUT2D eigenvalue weighted by molar-refractivity contribution is -0.138. The average Bonchev–Trinajstić information content (AvgIpc) is 2.34. The van der Waals surface area contributed by atoms with Gasteiger partial charge >= 0.3 is 5.97 Å². The van der Waals surface area contributed by atoms with Crippen molar-refractivity contribution in [1.29, 1.82) is 0 Å². The minimum absolute atomic E-state index is 0.122. The van der Waals surface area contributed by atoms with Gasteiger partial charge in [-0.3, -0.25) is 9.59 Å². The first-order valence-electron chi connectivity index (χ1n) is 6.16. The Labute approximate surface area is 102 Å². The molecule has 0 aromatic rings. The molecule has 1 aliphatic rings. The lowest BCUT2D eigenvalue weighted by Crippen LogP contribution is -2.42. The predicted molar refractivity (Wildman–Crippen MR) is 62.7 cm³/mol. The maximum absolute atomic E-state index is 11.8. The SMILES string of the molecule is COC1CCCN(C(=O)CCCCC(=O)O)C1. The number of nitrogens with zero attached hydrogens (tertiary/aromatic N) is 1. The first-order valence-corrected chi connectivity index (χ1v) is 6.16. The number of amides is 1. The van der Waals surface area contributed by atoms with E-state index >= 15 is 0 Å². The number of ether oxygens (including phenoxy) is 1. The standard InChI is InChI=1S/C12H21NO4/c1-17-10-5-4-8-13(9-10)11(14)6-2-3-7-12(15)16/h10H,2-9H2,1H3,(H,15,16). The Bertz CT molecular complexity index is 267. The number of carboxylic acid groups (broad SMARTS) is 1. The molecule has 0 radical (unpaired) electrons. The molecule has 0 bridgehead atoms. The van der Waals surface area contributed by atoms with E-state index in [0.29, 0.717) is 25.8 Å². The van der Waals surface area contributed by atoms with E-state index < -0.39 is 5.97 Å². The lowest BCUT2D eigenvalue weighted by Gasteiger charge is -2.32. The van der Waals surface area contributed by atoms with Crippen molar-refractivity contribution in [2.24, 2.45) is 0 Å².